The first-order valence-electron chi connectivity index (χ1n) is 9.47. The first-order valence-corrected chi connectivity index (χ1v) is 11.9. The number of carbonyl (C=O) groups is 1. The van der Waals surface area contributed by atoms with E-state index in [2.05, 4.69) is 10.3 Å². The summed E-state index contributed by atoms with van der Waals surface area (Å²) in [5, 5.41) is 5.31. The van der Waals surface area contributed by atoms with Crippen molar-refractivity contribution in [2.45, 2.75) is 24.0 Å². The van der Waals surface area contributed by atoms with Crippen molar-refractivity contribution in [3.63, 3.8) is 0 Å². The number of aromatic nitrogens is 1. The largest absolute Gasteiger partial charge is 0.497 e. The minimum atomic E-state index is -3.38. The van der Waals surface area contributed by atoms with Gasteiger partial charge in [0.25, 0.3) is 5.91 Å². The SMILES string of the molecule is COc1ccc2oc(-c3csc(NC(=O)c4ccc(S(=O)(=O)C(C)C)cc4)n3)cc2c1. The molecule has 0 atom stereocenters. The van der Waals surface area contributed by atoms with E-state index in [-0.39, 0.29) is 10.8 Å². The Balaban J connectivity index is 1.50. The van der Waals surface area contributed by atoms with Gasteiger partial charge < -0.3 is 9.15 Å². The quantitative estimate of drug-likeness (QED) is 0.438. The predicted molar refractivity (Wildman–Crippen MR) is 121 cm³/mol. The van der Waals surface area contributed by atoms with Crippen LogP contribution in [-0.2, 0) is 9.84 Å². The number of hydrogen-bond donors (Lipinski definition) is 1. The van der Waals surface area contributed by atoms with E-state index in [1.54, 1.807) is 26.3 Å². The van der Waals surface area contributed by atoms with Crippen LogP contribution in [0.3, 0.4) is 0 Å². The number of methoxy groups -OCH3 is 1. The Hall–Kier alpha value is -3.17. The fourth-order valence-corrected chi connectivity index (χ4v) is 4.71. The average Bonchev–Trinajstić information content (AvgIpc) is 3.39. The molecule has 160 valence electrons. The Morgan fingerprint density at radius 1 is 1.13 bits per heavy atom. The second kappa shape index (κ2) is 8.16. The average molecular weight is 457 g/mol. The molecule has 1 amide bonds. The number of amides is 1. The number of nitrogens with one attached hydrogen (secondary N) is 1. The highest BCUT2D eigenvalue weighted by Gasteiger charge is 2.20. The van der Waals surface area contributed by atoms with Crippen LogP contribution >= 0.6 is 11.3 Å². The lowest BCUT2D eigenvalue weighted by Crippen LogP contribution is -2.15. The van der Waals surface area contributed by atoms with Gasteiger partial charge in [-0.2, -0.15) is 0 Å². The van der Waals surface area contributed by atoms with Crippen LogP contribution in [0.5, 0.6) is 5.75 Å². The lowest BCUT2D eigenvalue weighted by Gasteiger charge is -2.08. The number of carbonyl (C=O) groups excluding carboxylic acids is 1. The van der Waals surface area contributed by atoms with Gasteiger partial charge in [-0.1, -0.05) is 0 Å². The van der Waals surface area contributed by atoms with Gasteiger partial charge in [0.15, 0.2) is 20.7 Å². The highest BCUT2D eigenvalue weighted by atomic mass is 32.2. The van der Waals surface area contributed by atoms with Gasteiger partial charge in [0.1, 0.15) is 17.0 Å². The maximum absolute atomic E-state index is 12.5. The molecule has 0 aliphatic carbocycles. The highest BCUT2D eigenvalue weighted by Crippen LogP contribution is 2.32. The summed E-state index contributed by atoms with van der Waals surface area (Å²) in [5.41, 5.74) is 1.66. The van der Waals surface area contributed by atoms with Crippen molar-refractivity contribution in [2.24, 2.45) is 0 Å². The molecule has 2 heterocycles. The molecule has 9 heteroatoms. The van der Waals surface area contributed by atoms with E-state index < -0.39 is 15.1 Å². The second-order valence-corrected chi connectivity index (χ2v) is 10.5. The van der Waals surface area contributed by atoms with E-state index in [9.17, 15) is 13.2 Å². The molecule has 0 aliphatic rings. The molecule has 0 aliphatic heterocycles. The van der Waals surface area contributed by atoms with E-state index in [0.717, 1.165) is 11.1 Å². The Labute approximate surface area is 183 Å². The molecule has 0 saturated carbocycles. The Morgan fingerprint density at radius 3 is 2.55 bits per heavy atom. The zero-order chi connectivity index (χ0) is 22.2. The number of nitrogens with zero attached hydrogens (tertiary/aromatic N) is 1. The minimum absolute atomic E-state index is 0.192. The third-order valence-electron chi connectivity index (χ3n) is 4.77. The molecule has 4 aromatic rings. The number of rotatable bonds is 6. The van der Waals surface area contributed by atoms with Crippen molar-refractivity contribution in [3.8, 4) is 17.2 Å². The topological polar surface area (TPSA) is 98.5 Å². The number of ether oxygens (including phenoxy) is 1. The fraction of sp³-hybridized carbons (Fsp3) is 0.182. The van der Waals surface area contributed by atoms with Crippen molar-refractivity contribution in [3.05, 3.63) is 59.5 Å². The molecule has 2 aromatic carbocycles. The number of anilines is 1. The molecular weight excluding hydrogens is 436 g/mol. The third-order valence-corrected chi connectivity index (χ3v) is 7.69. The molecule has 2 aromatic heterocycles. The molecular formula is C22H20N2O5S2. The summed E-state index contributed by atoms with van der Waals surface area (Å²) < 4.78 is 35.5. The first kappa shape index (κ1) is 21.1. The van der Waals surface area contributed by atoms with Crippen molar-refractivity contribution in [1.29, 1.82) is 0 Å². The van der Waals surface area contributed by atoms with Crippen molar-refractivity contribution in [2.75, 3.05) is 12.4 Å². The van der Waals surface area contributed by atoms with Crippen LogP contribution in [0, 0.1) is 0 Å². The van der Waals surface area contributed by atoms with Crippen LogP contribution < -0.4 is 10.1 Å². The van der Waals surface area contributed by atoms with E-state index in [1.807, 2.05) is 24.3 Å². The van der Waals surface area contributed by atoms with E-state index in [4.69, 9.17) is 9.15 Å². The zero-order valence-electron chi connectivity index (χ0n) is 17.1. The van der Waals surface area contributed by atoms with Crippen LogP contribution in [0.15, 0.2) is 63.2 Å². The van der Waals surface area contributed by atoms with Gasteiger partial charge in [-0.3, -0.25) is 10.1 Å². The van der Waals surface area contributed by atoms with Crippen molar-refractivity contribution in [1.82, 2.24) is 4.98 Å². The number of thiazole rings is 1. The summed E-state index contributed by atoms with van der Waals surface area (Å²) in [6.07, 6.45) is 0. The number of hydrogen-bond acceptors (Lipinski definition) is 7. The summed E-state index contributed by atoms with van der Waals surface area (Å²) >= 11 is 1.27. The first-order chi connectivity index (χ1) is 14.8. The lowest BCUT2D eigenvalue weighted by atomic mass is 10.2. The molecule has 7 nitrogen and oxygen atoms in total. The third kappa shape index (κ3) is 4.19. The number of benzene rings is 2. The van der Waals surface area contributed by atoms with Gasteiger partial charge in [0, 0.05) is 16.3 Å². The lowest BCUT2D eigenvalue weighted by molar-refractivity contribution is 0.102. The summed E-state index contributed by atoms with van der Waals surface area (Å²) in [7, 11) is -1.78. The number of sulfone groups is 1. The molecule has 0 unspecified atom stereocenters. The molecule has 0 spiro atoms. The minimum Gasteiger partial charge on any atom is -0.497 e. The molecule has 1 N–H and O–H groups in total. The summed E-state index contributed by atoms with van der Waals surface area (Å²) in [4.78, 5) is 17.2. The Morgan fingerprint density at radius 2 is 1.87 bits per heavy atom. The summed E-state index contributed by atoms with van der Waals surface area (Å²) in [6.45, 7) is 3.24. The van der Waals surface area contributed by atoms with Crippen LogP contribution in [0.4, 0.5) is 5.13 Å². The normalized spacial score (nSPS) is 11.7. The number of fused-ring (bicyclic) bond motifs is 1. The van der Waals surface area contributed by atoms with E-state index in [1.165, 1.54) is 35.6 Å². The Bertz CT molecular complexity index is 1350. The van der Waals surface area contributed by atoms with Crippen molar-refractivity contribution < 1.29 is 22.4 Å². The van der Waals surface area contributed by atoms with Crippen LogP contribution in [-0.4, -0.2) is 31.7 Å². The van der Waals surface area contributed by atoms with Crippen LogP contribution in [0.2, 0.25) is 0 Å². The van der Waals surface area contributed by atoms with Gasteiger partial charge in [0.05, 0.1) is 17.3 Å². The van der Waals surface area contributed by atoms with Gasteiger partial charge in [0.2, 0.25) is 0 Å². The van der Waals surface area contributed by atoms with Crippen LogP contribution in [0.1, 0.15) is 24.2 Å². The second-order valence-electron chi connectivity index (χ2n) is 7.12. The monoisotopic (exact) mass is 456 g/mol. The molecule has 0 bridgehead atoms. The highest BCUT2D eigenvalue weighted by molar-refractivity contribution is 7.92. The van der Waals surface area contributed by atoms with Gasteiger partial charge >= 0.3 is 0 Å². The Kier molecular flexibility index (Phi) is 5.55. The summed E-state index contributed by atoms with van der Waals surface area (Å²) in [5.74, 6) is 0.949. The predicted octanol–water partition coefficient (Wildman–Crippen LogP) is 5.00. The van der Waals surface area contributed by atoms with Crippen LogP contribution in [0.25, 0.3) is 22.4 Å². The maximum atomic E-state index is 12.5. The van der Waals surface area contributed by atoms with Gasteiger partial charge in [-0.15, -0.1) is 11.3 Å². The molecule has 0 radical (unpaired) electrons. The fourth-order valence-electron chi connectivity index (χ4n) is 2.96. The number of furan rings is 1. The molecule has 4 rings (SSSR count). The zero-order valence-corrected chi connectivity index (χ0v) is 18.7. The smallest absolute Gasteiger partial charge is 0.257 e. The molecule has 0 saturated heterocycles. The summed E-state index contributed by atoms with van der Waals surface area (Å²) in [6, 6.07) is 13.3. The maximum Gasteiger partial charge on any atom is 0.257 e. The standard InChI is InChI=1S/C22H20N2O5S2/c1-13(2)31(26,27)17-7-4-14(5-8-17)21(25)24-22-23-18(12-30-22)20-11-15-10-16(28-3)6-9-19(15)29-20/h4-13H,1-3H3,(H,23,24,25). The van der Waals surface area contributed by atoms with E-state index >= 15 is 0 Å². The molecule has 0 fully saturated rings. The van der Waals surface area contributed by atoms with Crippen molar-refractivity contribution >= 4 is 43.2 Å². The van der Waals surface area contributed by atoms with Gasteiger partial charge in [-0.05, 0) is 62.4 Å². The van der Waals surface area contributed by atoms with Gasteiger partial charge in [-0.25, -0.2) is 13.4 Å². The molecule has 31 heavy (non-hydrogen) atoms. The van der Waals surface area contributed by atoms with E-state index in [0.29, 0.717) is 27.7 Å².